The van der Waals surface area contributed by atoms with Gasteiger partial charge in [-0.2, -0.15) is 0 Å². The molecule has 4 rings (SSSR count). The number of fused-ring (bicyclic) bond motifs is 1. The monoisotopic (exact) mass is 398 g/mol. The van der Waals surface area contributed by atoms with Crippen molar-refractivity contribution in [2.75, 3.05) is 46.2 Å². The fraction of sp³-hybridized carbons (Fsp3) is 0.409. The number of rotatable bonds is 8. The molecule has 29 heavy (non-hydrogen) atoms. The van der Waals surface area contributed by atoms with Gasteiger partial charge in [0.05, 0.1) is 32.3 Å². The van der Waals surface area contributed by atoms with Gasteiger partial charge in [-0.1, -0.05) is 24.3 Å². The molecule has 1 saturated heterocycles. The maximum atomic E-state index is 12.4. The van der Waals surface area contributed by atoms with E-state index in [1.807, 2.05) is 48.5 Å². The van der Waals surface area contributed by atoms with Gasteiger partial charge >= 0.3 is 0 Å². The lowest BCUT2D eigenvalue weighted by atomic mass is 10.0. The van der Waals surface area contributed by atoms with Crippen LogP contribution >= 0.6 is 0 Å². The van der Waals surface area contributed by atoms with Gasteiger partial charge in [0, 0.05) is 19.6 Å². The molecule has 154 valence electrons. The summed E-state index contributed by atoms with van der Waals surface area (Å²) in [5.41, 5.74) is 1.09. The lowest BCUT2D eigenvalue weighted by molar-refractivity contribution is -0.121. The molecule has 2 heterocycles. The highest BCUT2D eigenvalue weighted by atomic mass is 16.7. The van der Waals surface area contributed by atoms with Crippen LogP contribution in [0.1, 0.15) is 18.0 Å². The standard InChI is InChI=1S/C22H26N2O5/c25-22(8-11-27-18-4-2-1-3-5-18)23-15-19(24-9-12-26-13-10-24)17-6-7-20-21(14-17)29-16-28-20/h1-7,14,19H,8-13,15-16H2,(H,23,25). The lowest BCUT2D eigenvalue weighted by Gasteiger charge is -2.35. The van der Waals surface area contributed by atoms with Crippen LogP contribution in [0.5, 0.6) is 17.2 Å². The Morgan fingerprint density at radius 3 is 2.69 bits per heavy atom. The van der Waals surface area contributed by atoms with Gasteiger partial charge in [0.15, 0.2) is 11.5 Å². The molecule has 0 aromatic heterocycles. The normalized spacial score (nSPS) is 17.0. The largest absolute Gasteiger partial charge is 0.493 e. The maximum Gasteiger partial charge on any atom is 0.231 e. The quantitative estimate of drug-likeness (QED) is 0.736. The molecule has 2 aromatic carbocycles. The Bertz CT molecular complexity index is 808. The first-order chi connectivity index (χ1) is 14.3. The second-order valence-electron chi connectivity index (χ2n) is 6.99. The third-order valence-corrected chi connectivity index (χ3v) is 5.10. The highest BCUT2D eigenvalue weighted by molar-refractivity contribution is 5.76. The van der Waals surface area contributed by atoms with Crippen LogP contribution in [0, 0.1) is 0 Å². The van der Waals surface area contributed by atoms with Crippen LogP contribution in [-0.2, 0) is 9.53 Å². The average Bonchev–Trinajstić information content (AvgIpc) is 3.23. The molecule has 2 aromatic rings. The SMILES string of the molecule is O=C(CCOc1ccccc1)NCC(c1ccc2c(c1)OCO2)N1CCOCC1. The van der Waals surface area contributed by atoms with E-state index in [4.69, 9.17) is 18.9 Å². The van der Waals surface area contributed by atoms with E-state index in [9.17, 15) is 4.79 Å². The van der Waals surface area contributed by atoms with Crippen molar-refractivity contribution in [3.05, 3.63) is 54.1 Å². The molecule has 1 amide bonds. The summed E-state index contributed by atoms with van der Waals surface area (Å²) in [7, 11) is 0. The Morgan fingerprint density at radius 1 is 1.07 bits per heavy atom. The molecule has 7 nitrogen and oxygen atoms in total. The molecular formula is C22H26N2O5. The van der Waals surface area contributed by atoms with Crippen LogP contribution in [0.4, 0.5) is 0 Å². The Kier molecular flexibility index (Phi) is 6.49. The van der Waals surface area contributed by atoms with Crippen molar-refractivity contribution >= 4 is 5.91 Å². The van der Waals surface area contributed by atoms with E-state index >= 15 is 0 Å². The molecule has 1 unspecified atom stereocenters. The van der Waals surface area contributed by atoms with Crippen molar-refractivity contribution in [2.24, 2.45) is 0 Å². The molecule has 0 saturated carbocycles. The minimum Gasteiger partial charge on any atom is -0.493 e. The van der Waals surface area contributed by atoms with Crippen molar-refractivity contribution in [1.29, 1.82) is 0 Å². The number of benzene rings is 2. The van der Waals surface area contributed by atoms with Gasteiger partial charge in [-0.25, -0.2) is 0 Å². The highest BCUT2D eigenvalue weighted by Crippen LogP contribution is 2.35. The van der Waals surface area contributed by atoms with Crippen molar-refractivity contribution < 1.29 is 23.7 Å². The molecule has 1 atom stereocenters. The van der Waals surface area contributed by atoms with Gasteiger partial charge in [-0.05, 0) is 29.8 Å². The summed E-state index contributed by atoms with van der Waals surface area (Å²) < 4.78 is 22.1. The summed E-state index contributed by atoms with van der Waals surface area (Å²) >= 11 is 0. The first-order valence-corrected chi connectivity index (χ1v) is 9.95. The number of morpholine rings is 1. The van der Waals surface area contributed by atoms with E-state index in [-0.39, 0.29) is 18.7 Å². The smallest absolute Gasteiger partial charge is 0.231 e. The van der Waals surface area contributed by atoms with E-state index in [2.05, 4.69) is 10.2 Å². The van der Waals surface area contributed by atoms with Crippen LogP contribution in [0.25, 0.3) is 0 Å². The number of nitrogens with one attached hydrogen (secondary N) is 1. The van der Waals surface area contributed by atoms with E-state index in [0.717, 1.165) is 35.9 Å². The fourth-order valence-electron chi connectivity index (χ4n) is 3.54. The number of hydrogen-bond donors (Lipinski definition) is 1. The molecule has 2 aliphatic rings. The maximum absolute atomic E-state index is 12.4. The van der Waals surface area contributed by atoms with Crippen molar-refractivity contribution in [1.82, 2.24) is 10.2 Å². The van der Waals surface area contributed by atoms with Gasteiger partial charge in [0.25, 0.3) is 0 Å². The van der Waals surface area contributed by atoms with Crippen LogP contribution in [-0.4, -0.2) is 57.1 Å². The predicted octanol–water partition coefficient (Wildman–Crippen LogP) is 2.37. The molecule has 2 aliphatic heterocycles. The molecule has 1 N–H and O–H groups in total. The van der Waals surface area contributed by atoms with E-state index in [1.165, 1.54) is 0 Å². The molecule has 1 fully saturated rings. The Morgan fingerprint density at radius 2 is 1.86 bits per heavy atom. The van der Waals surface area contributed by atoms with Crippen molar-refractivity contribution in [2.45, 2.75) is 12.5 Å². The lowest BCUT2D eigenvalue weighted by Crippen LogP contribution is -2.44. The van der Waals surface area contributed by atoms with E-state index in [1.54, 1.807) is 0 Å². The number of hydrogen-bond acceptors (Lipinski definition) is 6. The number of ether oxygens (including phenoxy) is 4. The Hall–Kier alpha value is -2.77. The molecule has 7 heteroatoms. The van der Waals surface area contributed by atoms with Crippen LogP contribution in [0.15, 0.2) is 48.5 Å². The zero-order chi connectivity index (χ0) is 19.9. The second kappa shape index (κ2) is 9.62. The number of nitrogens with zero attached hydrogens (tertiary/aromatic N) is 1. The number of amides is 1. The molecule has 0 bridgehead atoms. The van der Waals surface area contributed by atoms with Crippen LogP contribution < -0.4 is 19.5 Å². The first-order valence-electron chi connectivity index (χ1n) is 9.95. The topological polar surface area (TPSA) is 69.3 Å². The van der Waals surface area contributed by atoms with E-state index in [0.29, 0.717) is 32.8 Å². The van der Waals surface area contributed by atoms with Gasteiger partial charge < -0.3 is 24.3 Å². The zero-order valence-electron chi connectivity index (χ0n) is 16.3. The van der Waals surface area contributed by atoms with Gasteiger partial charge in [0.1, 0.15) is 5.75 Å². The summed E-state index contributed by atoms with van der Waals surface area (Å²) in [6.07, 6.45) is 0.311. The van der Waals surface area contributed by atoms with Crippen LogP contribution in [0.2, 0.25) is 0 Å². The summed E-state index contributed by atoms with van der Waals surface area (Å²) in [6.45, 7) is 4.16. The number of carbonyl (C=O) groups is 1. The Balaban J connectivity index is 1.34. The number of carbonyl (C=O) groups excluding carboxylic acids is 1. The molecule has 0 spiro atoms. The summed E-state index contributed by atoms with van der Waals surface area (Å²) in [4.78, 5) is 14.7. The molecular weight excluding hydrogens is 372 g/mol. The summed E-state index contributed by atoms with van der Waals surface area (Å²) in [6, 6.07) is 15.5. The van der Waals surface area contributed by atoms with Crippen molar-refractivity contribution in [3.8, 4) is 17.2 Å². The van der Waals surface area contributed by atoms with Gasteiger partial charge in [-0.15, -0.1) is 0 Å². The first kappa shape index (κ1) is 19.5. The van der Waals surface area contributed by atoms with E-state index < -0.39 is 0 Å². The third kappa shape index (κ3) is 5.19. The average molecular weight is 398 g/mol. The molecule has 0 aliphatic carbocycles. The van der Waals surface area contributed by atoms with Gasteiger partial charge in [0.2, 0.25) is 12.7 Å². The Labute approximate surface area is 170 Å². The highest BCUT2D eigenvalue weighted by Gasteiger charge is 2.25. The second-order valence-corrected chi connectivity index (χ2v) is 6.99. The van der Waals surface area contributed by atoms with Crippen molar-refractivity contribution in [3.63, 3.8) is 0 Å². The minimum atomic E-state index is -0.0278. The summed E-state index contributed by atoms with van der Waals surface area (Å²) in [5, 5.41) is 3.06. The third-order valence-electron chi connectivity index (χ3n) is 5.10. The fourth-order valence-corrected chi connectivity index (χ4v) is 3.54. The van der Waals surface area contributed by atoms with Gasteiger partial charge in [-0.3, -0.25) is 9.69 Å². The molecule has 0 radical (unpaired) electrons. The number of para-hydroxylation sites is 1. The van der Waals surface area contributed by atoms with Crippen LogP contribution in [0.3, 0.4) is 0 Å². The minimum absolute atomic E-state index is 0.0278. The predicted molar refractivity (Wildman–Crippen MR) is 107 cm³/mol. The summed E-state index contributed by atoms with van der Waals surface area (Å²) in [5.74, 6) is 2.26. The zero-order valence-corrected chi connectivity index (χ0v) is 16.3.